The Bertz CT molecular complexity index is 258. The molecular weight excluding hydrogens is 162 g/mol. The molecule has 0 bridgehead atoms. The van der Waals surface area contributed by atoms with Gasteiger partial charge in [-0.3, -0.25) is 0 Å². The molecule has 0 radical (unpaired) electrons. The minimum absolute atomic E-state index is 0.130. The molecule has 1 aromatic heterocycles. The molecule has 72 valence electrons. The third-order valence-electron chi connectivity index (χ3n) is 1.85. The van der Waals surface area contributed by atoms with Crippen molar-refractivity contribution in [1.82, 2.24) is 9.97 Å². The Hall–Kier alpha value is -1.12. The van der Waals surface area contributed by atoms with Gasteiger partial charge in [-0.1, -0.05) is 20.8 Å². The topological polar surface area (TPSA) is 37.8 Å². The molecule has 0 aliphatic heterocycles. The molecule has 0 aliphatic rings. The summed E-state index contributed by atoms with van der Waals surface area (Å²) in [5.41, 5.74) is 1.29. The number of hydrogen-bond donors (Lipinski definition) is 1. The first-order valence-corrected chi connectivity index (χ1v) is 4.60. The zero-order valence-electron chi connectivity index (χ0n) is 8.76. The van der Waals surface area contributed by atoms with Crippen LogP contribution in [0.1, 0.15) is 33.3 Å². The smallest absolute Gasteiger partial charge is 0.222 e. The number of anilines is 1. The summed E-state index contributed by atoms with van der Waals surface area (Å²) in [6, 6.07) is 0. The van der Waals surface area contributed by atoms with E-state index in [1.807, 2.05) is 19.3 Å². The van der Waals surface area contributed by atoms with Crippen molar-refractivity contribution in [2.75, 3.05) is 11.9 Å². The van der Waals surface area contributed by atoms with E-state index in [9.17, 15) is 0 Å². The van der Waals surface area contributed by atoms with Crippen LogP contribution in [0.4, 0.5) is 5.95 Å². The van der Waals surface area contributed by atoms with E-state index in [1.54, 1.807) is 0 Å². The molecular formula is C10H17N3. The van der Waals surface area contributed by atoms with Crippen molar-refractivity contribution in [3.05, 3.63) is 18.0 Å². The highest BCUT2D eigenvalue weighted by Gasteiger charge is 2.13. The minimum atomic E-state index is 0.130. The van der Waals surface area contributed by atoms with E-state index in [0.29, 0.717) is 5.95 Å². The Kier molecular flexibility index (Phi) is 2.86. The lowest BCUT2D eigenvalue weighted by atomic mass is 9.89. The summed E-state index contributed by atoms with van der Waals surface area (Å²) in [6.07, 6.45) is 3.76. The van der Waals surface area contributed by atoms with Gasteiger partial charge in [0.1, 0.15) is 0 Å². The molecule has 0 aliphatic carbocycles. The van der Waals surface area contributed by atoms with Crippen LogP contribution in [0.25, 0.3) is 0 Å². The van der Waals surface area contributed by atoms with Gasteiger partial charge in [0.15, 0.2) is 0 Å². The molecule has 3 nitrogen and oxygen atoms in total. The molecule has 0 aromatic carbocycles. The van der Waals surface area contributed by atoms with Crippen molar-refractivity contribution in [2.45, 2.75) is 33.1 Å². The highest BCUT2D eigenvalue weighted by molar-refractivity contribution is 5.26. The van der Waals surface area contributed by atoms with Crippen LogP contribution in [0.15, 0.2) is 12.4 Å². The first-order chi connectivity index (χ1) is 6.04. The van der Waals surface area contributed by atoms with Crippen LogP contribution in [-0.4, -0.2) is 16.5 Å². The Morgan fingerprint density at radius 1 is 1.23 bits per heavy atom. The summed E-state index contributed by atoms with van der Waals surface area (Å²) in [7, 11) is 0. The second-order valence-electron chi connectivity index (χ2n) is 4.08. The third kappa shape index (κ3) is 2.68. The van der Waals surface area contributed by atoms with Crippen LogP contribution in [0, 0.1) is 0 Å². The lowest BCUT2D eigenvalue weighted by Crippen LogP contribution is -2.13. The zero-order valence-corrected chi connectivity index (χ0v) is 8.76. The van der Waals surface area contributed by atoms with Crippen molar-refractivity contribution in [2.24, 2.45) is 0 Å². The molecule has 3 heteroatoms. The van der Waals surface area contributed by atoms with Gasteiger partial charge in [0.2, 0.25) is 5.95 Å². The van der Waals surface area contributed by atoms with Crippen molar-refractivity contribution < 1.29 is 0 Å². The molecule has 0 spiro atoms. The Labute approximate surface area is 79.6 Å². The van der Waals surface area contributed by atoms with E-state index in [4.69, 9.17) is 0 Å². The van der Waals surface area contributed by atoms with Gasteiger partial charge in [-0.25, -0.2) is 9.97 Å². The molecule has 0 saturated heterocycles. The van der Waals surface area contributed by atoms with Crippen LogP contribution in [0.2, 0.25) is 0 Å². The van der Waals surface area contributed by atoms with Gasteiger partial charge in [0.25, 0.3) is 0 Å². The Morgan fingerprint density at radius 3 is 2.15 bits per heavy atom. The van der Waals surface area contributed by atoms with E-state index >= 15 is 0 Å². The van der Waals surface area contributed by atoms with Gasteiger partial charge in [-0.05, 0) is 17.9 Å². The van der Waals surface area contributed by atoms with Crippen molar-refractivity contribution in [3.63, 3.8) is 0 Å². The molecule has 0 saturated carbocycles. The summed E-state index contributed by atoms with van der Waals surface area (Å²) in [5, 5.41) is 3.06. The molecule has 1 heterocycles. The van der Waals surface area contributed by atoms with Crippen LogP contribution in [0.5, 0.6) is 0 Å². The molecule has 0 atom stereocenters. The van der Waals surface area contributed by atoms with E-state index in [2.05, 4.69) is 36.1 Å². The Balaban J connectivity index is 2.81. The molecule has 13 heavy (non-hydrogen) atoms. The fraction of sp³-hybridized carbons (Fsp3) is 0.600. The maximum Gasteiger partial charge on any atom is 0.222 e. The highest BCUT2D eigenvalue weighted by atomic mass is 15.1. The minimum Gasteiger partial charge on any atom is -0.355 e. The van der Waals surface area contributed by atoms with Crippen LogP contribution in [-0.2, 0) is 5.41 Å². The number of nitrogens with zero attached hydrogens (tertiary/aromatic N) is 2. The number of hydrogen-bond acceptors (Lipinski definition) is 3. The second kappa shape index (κ2) is 3.73. The van der Waals surface area contributed by atoms with E-state index in [0.717, 1.165) is 12.1 Å². The van der Waals surface area contributed by atoms with Crippen LogP contribution >= 0.6 is 0 Å². The summed E-state index contributed by atoms with van der Waals surface area (Å²) < 4.78 is 0. The van der Waals surface area contributed by atoms with Gasteiger partial charge >= 0.3 is 0 Å². The lowest BCUT2D eigenvalue weighted by Gasteiger charge is -2.17. The summed E-state index contributed by atoms with van der Waals surface area (Å²) in [5.74, 6) is 0.704. The van der Waals surface area contributed by atoms with Gasteiger partial charge in [0, 0.05) is 18.9 Å². The average molecular weight is 179 g/mol. The average Bonchev–Trinajstić information content (AvgIpc) is 2.04. The van der Waals surface area contributed by atoms with E-state index in [-0.39, 0.29) is 5.41 Å². The monoisotopic (exact) mass is 179 g/mol. The predicted octanol–water partition coefficient (Wildman–Crippen LogP) is 2.21. The largest absolute Gasteiger partial charge is 0.355 e. The second-order valence-corrected chi connectivity index (χ2v) is 4.08. The van der Waals surface area contributed by atoms with Gasteiger partial charge in [0.05, 0.1) is 0 Å². The van der Waals surface area contributed by atoms with Gasteiger partial charge < -0.3 is 5.32 Å². The van der Waals surface area contributed by atoms with E-state index in [1.165, 1.54) is 0 Å². The summed E-state index contributed by atoms with van der Waals surface area (Å²) in [6.45, 7) is 9.34. The quantitative estimate of drug-likeness (QED) is 0.756. The fourth-order valence-electron chi connectivity index (χ4n) is 0.965. The molecule has 0 fully saturated rings. The van der Waals surface area contributed by atoms with Crippen LogP contribution in [0.3, 0.4) is 0 Å². The SMILES string of the molecule is CCNc1ncc(C(C)(C)C)cn1. The first kappa shape index (κ1) is 9.96. The normalized spacial score (nSPS) is 11.4. The number of nitrogens with one attached hydrogen (secondary N) is 1. The third-order valence-corrected chi connectivity index (χ3v) is 1.85. The van der Waals surface area contributed by atoms with E-state index < -0.39 is 0 Å². The predicted molar refractivity (Wildman–Crippen MR) is 54.9 cm³/mol. The summed E-state index contributed by atoms with van der Waals surface area (Å²) >= 11 is 0. The molecule has 1 aromatic rings. The van der Waals surface area contributed by atoms with Crippen molar-refractivity contribution in [1.29, 1.82) is 0 Å². The zero-order chi connectivity index (χ0) is 9.90. The highest BCUT2D eigenvalue weighted by Crippen LogP contribution is 2.20. The number of aromatic nitrogens is 2. The maximum atomic E-state index is 4.21. The van der Waals surface area contributed by atoms with Crippen molar-refractivity contribution in [3.8, 4) is 0 Å². The lowest BCUT2D eigenvalue weighted by molar-refractivity contribution is 0.584. The van der Waals surface area contributed by atoms with Crippen molar-refractivity contribution >= 4 is 5.95 Å². The van der Waals surface area contributed by atoms with Crippen LogP contribution < -0.4 is 5.32 Å². The number of rotatable bonds is 2. The fourth-order valence-corrected chi connectivity index (χ4v) is 0.965. The molecule has 0 unspecified atom stereocenters. The Morgan fingerprint density at radius 2 is 1.77 bits per heavy atom. The molecule has 0 amide bonds. The standard InChI is InChI=1S/C10H17N3/c1-5-11-9-12-6-8(7-13-9)10(2,3)4/h6-7H,5H2,1-4H3,(H,11,12,13). The molecule has 1 N–H and O–H groups in total. The maximum absolute atomic E-state index is 4.21. The molecule has 1 rings (SSSR count). The summed E-state index contributed by atoms with van der Waals surface area (Å²) in [4.78, 5) is 8.43. The van der Waals surface area contributed by atoms with Gasteiger partial charge in [-0.2, -0.15) is 0 Å². The van der Waals surface area contributed by atoms with Gasteiger partial charge in [-0.15, -0.1) is 0 Å². The first-order valence-electron chi connectivity index (χ1n) is 4.60.